The Morgan fingerprint density at radius 3 is 2.76 bits per heavy atom. The summed E-state index contributed by atoms with van der Waals surface area (Å²) >= 11 is 7.75. The van der Waals surface area contributed by atoms with Gasteiger partial charge in [-0.2, -0.15) is 0 Å². The first kappa shape index (κ1) is 15.9. The fourth-order valence-electron chi connectivity index (χ4n) is 2.11. The van der Waals surface area contributed by atoms with Crippen LogP contribution in [0.25, 0.3) is 0 Å². The molecule has 0 fully saturated rings. The summed E-state index contributed by atoms with van der Waals surface area (Å²) in [4.78, 5) is 16.0. The summed E-state index contributed by atoms with van der Waals surface area (Å²) in [6.07, 6.45) is 0. The highest BCUT2D eigenvalue weighted by Gasteiger charge is 2.14. The Bertz CT molecular complexity index is 672. The third kappa shape index (κ3) is 3.78. The maximum absolute atomic E-state index is 10.8. The van der Waals surface area contributed by atoms with Crippen LogP contribution in [0, 0.1) is 24.0 Å². The molecule has 1 N–H and O–H groups in total. The highest BCUT2D eigenvalue weighted by atomic mass is 35.5. The highest BCUT2D eigenvalue weighted by molar-refractivity contribution is 7.11. The van der Waals surface area contributed by atoms with Crippen molar-refractivity contribution in [1.82, 2.24) is 10.3 Å². The molecule has 1 aromatic heterocycles. The number of rotatable bonds is 5. The number of hydrogen-bond donors (Lipinski definition) is 1. The Labute approximate surface area is 132 Å². The number of hydrogen-bond acceptors (Lipinski definition) is 5. The maximum atomic E-state index is 10.8. The SMILES string of the molecule is Cc1nc(C)c(C(C)NCc2cc([N+](=O)[O-])ccc2Cl)s1. The van der Waals surface area contributed by atoms with E-state index in [1.807, 2.05) is 20.8 Å². The minimum absolute atomic E-state index is 0.0497. The standard InChI is InChI=1S/C14H16ClN3O2S/c1-8(14-9(2)17-10(3)21-14)16-7-11-6-12(18(19)20)4-5-13(11)15/h4-6,8,16H,7H2,1-3H3. The zero-order chi connectivity index (χ0) is 15.6. The second-order valence-electron chi connectivity index (χ2n) is 4.82. The summed E-state index contributed by atoms with van der Waals surface area (Å²) in [6.45, 7) is 6.48. The van der Waals surface area contributed by atoms with E-state index in [1.54, 1.807) is 17.4 Å². The quantitative estimate of drug-likeness (QED) is 0.661. The van der Waals surface area contributed by atoms with Crippen molar-refractivity contribution in [3.8, 4) is 0 Å². The number of benzene rings is 1. The van der Waals surface area contributed by atoms with E-state index in [4.69, 9.17) is 11.6 Å². The molecule has 0 aliphatic carbocycles. The molecule has 2 rings (SSSR count). The lowest BCUT2D eigenvalue weighted by Crippen LogP contribution is -2.18. The predicted octanol–water partition coefficient (Wildman–Crippen LogP) is 4.17. The van der Waals surface area contributed by atoms with Crippen molar-refractivity contribution in [1.29, 1.82) is 0 Å². The number of nitrogens with one attached hydrogen (secondary N) is 1. The average molecular weight is 326 g/mol. The fraction of sp³-hybridized carbons (Fsp3) is 0.357. The molecule has 0 aliphatic heterocycles. The number of nitrogens with zero attached hydrogens (tertiary/aromatic N) is 2. The molecule has 1 atom stereocenters. The molecule has 112 valence electrons. The largest absolute Gasteiger partial charge is 0.305 e. The Hall–Kier alpha value is -1.50. The van der Waals surface area contributed by atoms with Gasteiger partial charge >= 0.3 is 0 Å². The van der Waals surface area contributed by atoms with E-state index in [0.717, 1.165) is 16.3 Å². The summed E-state index contributed by atoms with van der Waals surface area (Å²) in [5.74, 6) is 0. The molecule has 0 saturated carbocycles. The lowest BCUT2D eigenvalue weighted by molar-refractivity contribution is -0.384. The molecule has 0 amide bonds. The molecule has 0 aliphatic rings. The van der Waals surface area contributed by atoms with Crippen molar-refractivity contribution in [2.24, 2.45) is 0 Å². The first-order valence-corrected chi connectivity index (χ1v) is 7.68. The van der Waals surface area contributed by atoms with E-state index in [0.29, 0.717) is 11.6 Å². The molecule has 0 radical (unpaired) electrons. The maximum Gasteiger partial charge on any atom is 0.269 e. The van der Waals surface area contributed by atoms with Crippen molar-refractivity contribution >= 4 is 28.6 Å². The van der Waals surface area contributed by atoms with Crippen molar-refractivity contribution < 1.29 is 4.92 Å². The first-order chi connectivity index (χ1) is 9.88. The number of aryl methyl sites for hydroxylation is 2. The van der Waals surface area contributed by atoms with Crippen molar-refractivity contribution in [3.05, 3.63) is 54.5 Å². The van der Waals surface area contributed by atoms with Gasteiger partial charge in [-0.25, -0.2) is 4.98 Å². The molecule has 5 nitrogen and oxygen atoms in total. The molecule has 1 heterocycles. The van der Waals surface area contributed by atoms with E-state index >= 15 is 0 Å². The Morgan fingerprint density at radius 2 is 2.19 bits per heavy atom. The van der Waals surface area contributed by atoms with E-state index < -0.39 is 4.92 Å². The van der Waals surface area contributed by atoms with Gasteiger partial charge in [-0.1, -0.05) is 11.6 Å². The Balaban J connectivity index is 2.11. The second kappa shape index (κ2) is 6.51. The molecule has 2 aromatic rings. The highest BCUT2D eigenvalue weighted by Crippen LogP contribution is 2.26. The van der Waals surface area contributed by atoms with Gasteiger partial charge in [0.25, 0.3) is 5.69 Å². The lowest BCUT2D eigenvalue weighted by Gasteiger charge is -2.13. The van der Waals surface area contributed by atoms with Crippen molar-refractivity contribution in [2.45, 2.75) is 33.4 Å². The number of nitro benzene ring substituents is 1. The van der Waals surface area contributed by atoms with Crippen LogP contribution in [-0.2, 0) is 6.54 Å². The van der Waals surface area contributed by atoms with E-state index in [-0.39, 0.29) is 11.7 Å². The normalized spacial score (nSPS) is 12.4. The third-order valence-corrected chi connectivity index (χ3v) is 4.80. The number of non-ortho nitro benzene ring substituents is 1. The first-order valence-electron chi connectivity index (χ1n) is 6.48. The summed E-state index contributed by atoms with van der Waals surface area (Å²) in [5, 5.41) is 15.7. The second-order valence-corrected chi connectivity index (χ2v) is 6.46. The number of halogens is 1. The zero-order valence-corrected chi connectivity index (χ0v) is 13.6. The molecule has 1 aromatic carbocycles. The number of nitro groups is 1. The van der Waals surface area contributed by atoms with Gasteiger partial charge in [0.2, 0.25) is 0 Å². The number of thiazole rings is 1. The van der Waals surface area contributed by atoms with Crippen LogP contribution in [0.4, 0.5) is 5.69 Å². The van der Waals surface area contributed by atoms with Crippen LogP contribution < -0.4 is 5.32 Å². The van der Waals surface area contributed by atoms with Crippen LogP contribution in [0.1, 0.15) is 34.1 Å². The molecule has 21 heavy (non-hydrogen) atoms. The minimum Gasteiger partial charge on any atom is -0.305 e. The van der Waals surface area contributed by atoms with Crippen LogP contribution in [0.5, 0.6) is 0 Å². The van der Waals surface area contributed by atoms with E-state index in [2.05, 4.69) is 10.3 Å². The minimum atomic E-state index is -0.417. The average Bonchev–Trinajstić information content (AvgIpc) is 2.76. The molecule has 7 heteroatoms. The molecule has 0 spiro atoms. The lowest BCUT2D eigenvalue weighted by atomic mass is 10.1. The van der Waals surface area contributed by atoms with Gasteiger partial charge in [0.15, 0.2) is 0 Å². The van der Waals surface area contributed by atoms with Gasteiger partial charge < -0.3 is 5.32 Å². The van der Waals surface area contributed by atoms with Crippen molar-refractivity contribution in [2.75, 3.05) is 0 Å². The summed E-state index contributed by atoms with van der Waals surface area (Å²) in [5.41, 5.74) is 1.79. The van der Waals surface area contributed by atoms with Gasteiger partial charge in [-0.15, -0.1) is 11.3 Å². The summed E-state index contributed by atoms with van der Waals surface area (Å²) in [7, 11) is 0. The monoisotopic (exact) mass is 325 g/mol. The molecule has 1 unspecified atom stereocenters. The third-order valence-electron chi connectivity index (χ3n) is 3.17. The fourth-order valence-corrected chi connectivity index (χ4v) is 3.25. The van der Waals surface area contributed by atoms with E-state index in [9.17, 15) is 10.1 Å². The van der Waals surface area contributed by atoms with Gasteiger partial charge in [-0.3, -0.25) is 10.1 Å². The smallest absolute Gasteiger partial charge is 0.269 e. The molecular weight excluding hydrogens is 310 g/mol. The molecule has 0 bridgehead atoms. The van der Waals surface area contributed by atoms with Crippen LogP contribution in [0.3, 0.4) is 0 Å². The summed E-state index contributed by atoms with van der Waals surface area (Å²) < 4.78 is 0. The Morgan fingerprint density at radius 1 is 1.48 bits per heavy atom. The zero-order valence-electron chi connectivity index (χ0n) is 12.0. The molecule has 0 saturated heterocycles. The van der Waals surface area contributed by atoms with Crippen LogP contribution in [-0.4, -0.2) is 9.91 Å². The number of aromatic nitrogens is 1. The summed E-state index contributed by atoms with van der Waals surface area (Å²) in [6, 6.07) is 4.59. The van der Waals surface area contributed by atoms with Crippen LogP contribution in [0.2, 0.25) is 5.02 Å². The predicted molar refractivity (Wildman–Crippen MR) is 84.9 cm³/mol. The van der Waals surface area contributed by atoms with Gasteiger partial charge in [0.1, 0.15) is 0 Å². The molecular formula is C14H16ClN3O2S. The van der Waals surface area contributed by atoms with Gasteiger partial charge in [-0.05, 0) is 32.4 Å². The van der Waals surface area contributed by atoms with Gasteiger partial charge in [0.05, 0.1) is 15.6 Å². The van der Waals surface area contributed by atoms with E-state index in [1.165, 1.54) is 17.0 Å². The van der Waals surface area contributed by atoms with Crippen molar-refractivity contribution in [3.63, 3.8) is 0 Å². The van der Waals surface area contributed by atoms with Crippen LogP contribution in [0.15, 0.2) is 18.2 Å². The Kier molecular flexibility index (Phi) is 4.92. The van der Waals surface area contributed by atoms with Gasteiger partial charge in [0, 0.05) is 34.6 Å². The topological polar surface area (TPSA) is 68.1 Å². The van der Waals surface area contributed by atoms with Crippen LogP contribution >= 0.6 is 22.9 Å².